The summed E-state index contributed by atoms with van der Waals surface area (Å²) in [5, 5.41) is 62.2. The molecule has 0 aromatic rings. The molecule has 3 aliphatic rings. The summed E-state index contributed by atoms with van der Waals surface area (Å²) in [7, 11) is 0. The van der Waals surface area contributed by atoms with Crippen LogP contribution in [0.5, 0.6) is 0 Å². The Hall–Kier alpha value is -1.87. The minimum atomic E-state index is -1.51. The van der Waals surface area contributed by atoms with Crippen LogP contribution < -0.4 is 5.32 Å². The highest BCUT2D eigenvalue weighted by atomic mass is 16.7. The van der Waals surface area contributed by atoms with Crippen LogP contribution in [-0.4, -0.2) is 121 Å². The van der Waals surface area contributed by atoms with Gasteiger partial charge in [0, 0.05) is 12.8 Å². The first-order chi connectivity index (χ1) is 16.5. The summed E-state index contributed by atoms with van der Waals surface area (Å²) in [5.41, 5.74) is 0. The van der Waals surface area contributed by atoms with E-state index in [9.17, 15) is 39.9 Å². The van der Waals surface area contributed by atoms with Crippen molar-refractivity contribution in [2.75, 3.05) is 6.54 Å². The van der Waals surface area contributed by atoms with E-state index in [2.05, 4.69) is 5.32 Å². The third kappa shape index (κ3) is 6.47. The average Bonchev–Trinajstić information content (AvgIpc) is 3.11. The van der Waals surface area contributed by atoms with Gasteiger partial charge in [0.1, 0.15) is 30.5 Å². The second kappa shape index (κ2) is 11.9. The molecular weight excluding hydrogens is 468 g/mol. The Morgan fingerprint density at radius 3 is 2.34 bits per heavy atom. The lowest BCUT2D eigenvalue weighted by atomic mass is 9.91. The minimum Gasteiger partial charge on any atom is -0.481 e. The molecule has 10 atom stereocenters. The molecule has 13 heteroatoms. The van der Waals surface area contributed by atoms with Crippen molar-refractivity contribution >= 4 is 17.8 Å². The van der Waals surface area contributed by atoms with Crippen LogP contribution >= 0.6 is 0 Å². The van der Waals surface area contributed by atoms with Crippen LogP contribution in [0.4, 0.5) is 0 Å². The van der Waals surface area contributed by atoms with Gasteiger partial charge in [0.2, 0.25) is 11.8 Å². The van der Waals surface area contributed by atoms with Crippen molar-refractivity contribution in [2.24, 2.45) is 0 Å². The summed E-state index contributed by atoms with van der Waals surface area (Å²) in [6.07, 6.45) is -7.42. The molecule has 2 aliphatic heterocycles. The number of carboxylic acid groups (broad SMARTS) is 1. The number of hydrogen-bond donors (Lipinski definition) is 7. The number of β-amino-alcohol motifs (C(OH)–C–C–N with tert-alkyl or cyclic N) is 1. The molecule has 2 amide bonds. The normalized spacial score (nSPS) is 39.9. The average molecular weight is 505 g/mol. The summed E-state index contributed by atoms with van der Waals surface area (Å²) in [6.45, 7) is 1.28. The molecular formula is C22H36N2O11. The molecule has 7 N–H and O–H groups in total. The maximum atomic E-state index is 13.1. The van der Waals surface area contributed by atoms with Gasteiger partial charge >= 0.3 is 5.97 Å². The number of hydrogen-bond acceptors (Lipinski definition) is 10. The smallest absolute Gasteiger partial charge is 0.303 e. The number of aliphatic carboxylic acids is 1. The van der Waals surface area contributed by atoms with E-state index in [1.165, 1.54) is 6.92 Å². The van der Waals surface area contributed by atoms with Crippen molar-refractivity contribution in [1.82, 2.24) is 10.2 Å². The van der Waals surface area contributed by atoms with Gasteiger partial charge < -0.3 is 50.3 Å². The first-order valence-corrected chi connectivity index (χ1v) is 12.0. The summed E-state index contributed by atoms with van der Waals surface area (Å²) in [6, 6.07) is -1.90. The summed E-state index contributed by atoms with van der Waals surface area (Å²) >= 11 is 0. The van der Waals surface area contributed by atoms with Gasteiger partial charge in [-0.25, -0.2) is 0 Å². The van der Waals surface area contributed by atoms with Crippen LogP contribution in [0.15, 0.2) is 0 Å². The number of nitrogens with one attached hydrogen (secondary N) is 1. The quantitative estimate of drug-likeness (QED) is 0.183. The van der Waals surface area contributed by atoms with Crippen molar-refractivity contribution < 1.29 is 54.5 Å². The molecule has 2 saturated heterocycles. The van der Waals surface area contributed by atoms with E-state index in [4.69, 9.17) is 14.6 Å². The molecule has 0 bridgehead atoms. The third-order valence-corrected chi connectivity index (χ3v) is 6.96. The second-order valence-electron chi connectivity index (χ2n) is 9.55. The van der Waals surface area contributed by atoms with Crippen molar-refractivity contribution in [2.45, 2.75) is 113 Å². The Balaban J connectivity index is 1.65. The first kappa shape index (κ1) is 27.7. The highest BCUT2D eigenvalue weighted by Crippen LogP contribution is 2.29. The molecule has 0 radical (unpaired) electrons. The van der Waals surface area contributed by atoms with Gasteiger partial charge in [0.25, 0.3) is 0 Å². The lowest BCUT2D eigenvalue weighted by Crippen LogP contribution is -2.60. The van der Waals surface area contributed by atoms with Crippen LogP contribution in [0.3, 0.4) is 0 Å². The largest absolute Gasteiger partial charge is 0.481 e. The lowest BCUT2D eigenvalue weighted by Gasteiger charge is -2.42. The van der Waals surface area contributed by atoms with Crippen LogP contribution in [0.1, 0.15) is 51.9 Å². The maximum absolute atomic E-state index is 13.1. The molecule has 1 aliphatic carbocycles. The molecule has 200 valence electrons. The Kier molecular flexibility index (Phi) is 9.43. The van der Waals surface area contributed by atoms with E-state index in [1.54, 1.807) is 0 Å². The Bertz CT molecular complexity index is 768. The zero-order valence-electron chi connectivity index (χ0n) is 19.6. The van der Waals surface area contributed by atoms with Crippen molar-refractivity contribution in [3.05, 3.63) is 0 Å². The van der Waals surface area contributed by atoms with Gasteiger partial charge in [-0.15, -0.1) is 0 Å². The van der Waals surface area contributed by atoms with E-state index >= 15 is 0 Å². The highest BCUT2D eigenvalue weighted by molar-refractivity contribution is 5.89. The molecule has 0 aromatic carbocycles. The number of carbonyl (C=O) groups excluding carboxylic acids is 2. The zero-order valence-corrected chi connectivity index (χ0v) is 19.6. The number of aliphatic hydroxyl groups excluding tert-OH is 5. The molecule has 3 rings (SSSR count). The van der Waals surface area contributed by atoms with Gasteiger partial charge in [-0.3, -0.25) is 14.4 Å². The molecule has 13 nitrogen and oxygen atoms in total. The van der Waals surface area contributed by atoms with Crippen molar-refractivity contribution in [1.29, 1.82) is 0 Å². The molecule has 1 saturated carbocycles. The Labute approximate surface area is 202 Å². The second-order valence-corrected chi connectivity index (χ2v) is 9.55. The van der Waals surface area contributed by atoms with Crippen LogP contribution in [0.2, 0.25) is 0 Å². The SMILES string of the molecule is C[C@@H]1O[C@@H](O[C@@H]2CCCC[C@H]2NC(=O)[C@@H]2[C@@H](O)[C@@H](O)CN2C(=O)CCCC(=O)O)C(O)C(O)[C@@H]1O. The topological polar surface area (TPSA) is 206 Å². The van der Waals surface area contributed by atoms with Gasteiger partial charge in [-0.2, -0.15) is 0 Å². The summed E-state index contributed by atoms with van der Waals surface area (Å²) in [4.78, 5) is 37.5. The minimum absolute atomic E-state index is 0.0619. The monoisotopic (exact) mass is 504 g/mol. The third-order valence-electron chi connectivity index (χ3n) is 6.96. The standard InChI is InChI=1S/C22H36N2O11/c1-10-17(29)19(31)20(32)22(34-10)35-13-6-3-2-5-11(13)23-21(33)16-18(30)12(25)9-24(16)14(26)7-4-8-15(27)28/h10-13,16-20,22,25,29-32H,2-9H2,1H3,(H,23,33)(H,27,28)/t10-,11+,12-,13+,16-,17+,18-,19?,20?,22-/m0/s1. The maximum Gasteiger partial charge on any atom is 0.303 e. The molecule has 2 heterocycles. The van der Waals surface area contributed by atoms with Gasteiger partial charge in [0.05, 0.1) is 30.9 Å². The number of carbonyl (C=O) groups is 3. The fourth-order valence-electron chi connectivity index (χ4n) is 4.90. The van der Waals surface area contributed by atoms with E-state index in [0.717, 1.165) is 17.7 Å². The number of carboxylic acids is 1. The van der Waals surface area contributed by atoms with E-state index in [0.29, 0.717) is 12.8 Å². The number of amides is 2. The Morgan fingerprint density at radius 2 is 1.66 bits per heavy atom. The van der Waals surface area contributed by atoms with Gasteiger partial charge in [0.15, 0.2) is 6.29 Å². The van der Waals surface area contributed by atoms with Crippen LogP contribution in [-0.2, 0) is 23.9 Å². The van der Waals surface area contributed by atoms with E-state index in [-0.39, 0.29) is 25.8 Å². The van der Waals surface area contributed by atoms with Gasteiger partial charge in [-0.05, 0) is 26.2 Å². The molecule has 2 unspecified atom stereocenters. The number of rotatable bonds is 8. The number of ether oxygens (including phenoxy) is 2. The number of aliphatic hydroxyl groups is 5. The first-order valence-electron chi connectivity index (χ1n) is 12.0. The van der Waals surface area contributed by atoms with Gasteiger partial charge in [-0.1, -0.05) is 12.8 Å². The number of likely N-dealkylation sites (tertiary alicyclic amines) is 1. The molecule has 0 aromatic heterocycles. The molecule has 35 heavy (non-hydrogen) atoms. The lowest BCUT2D eigenvalue weighted by molar-refractivity contribution is -0.307. The highest BCUT2D eigenvalue weighted by Gasteiger charge is 2.48. The summed E-state index contributed by atoms with van der Waals surface area (Å²) < 4.78 is 11.4. The number of nitrogens with zero attached hydrogens (tertiary/aromatic N) is 1. The summed E-state index contributed by atoms with van der Waals surface area (Å²) in [5.74, 6) is -2.28. The molecule has 3 fully saturated rings. The predicted molar refractivity (Wildman–Crippen MR) is 117 cm³/mol. The van der Waals surface area contributed by atoms with Crippen molar-refractivity contribution in [3.8, 4) is 0 Å². The van der Waals surface area contributed by atoms with E-state index < -0.39 is 78.9 Å². The fourth-order valence-corrected chi connectivity index (χ4v) is 4.90. The fraction of sp³-hybridized carbons (Fsp3) is 0.864. The Morgan fingerprint density at radius 1 is 0.971 bits per heavy atom. The zero-order chi connectivity index (χ0) is 25.9. The van der Waals surface area contributed by atoms with E-state index in [1.807, 2.05) is 0 Å². The predicted octanol–water partition coefficient (Wildman–Crippen LogP) is -2.55. The van der Waals surface area contributed by atoms with Crippen LogP contribution in [0.25, 0.3) is 0 Å². The van der Waals surface area contributed by atoms with Crippen LogP contribution in [0, 0.1) is 0 Å². The molecule has 0 spiro atoms. The van der Waals surface area contributed by atoms with Crippen molar-refractivity contribution in [3.63, 3.8) is 0 Å².